The third-order valence-electron chi connectivity index (χ3n) is 2.83. The minimum Gasteiger partial charge on any atom is -0.303 e. The van der Waals surface area contributed by atoms with Gasteiger partial charge in [0.15, 0.2) is 0 Å². The van der Waals surface area contributed by atoms with Crippen molar-refractivity contribution in [2.24, 2.45) is 11.8 Å². The summed E-state index contributed by atoms with van der Waals surface area (Å²) in [6.45, 7) is 10.3. The Morgan fingerprint density at radius 1 is 1.27 bits per heavy atom. The molecular formula is C10H21N. The highest BCUT2D eigenvalue weighted by molar-refractivity contribution is 4.92. The average Bonchev–Trinajstić information content (AvgIpc) is 2.85. The number of hydrogen-bond donors (Lipinski definition) is 0. The predicted octanol–water partition coefficient (Wildman–Crippen LogP) is 2.37. The van der Waals surface area contributed by atoms with Crippen LogP contribution in [0.5, 0.6) is 0 Å². The summed E-state index contributed by atoms with van der Waals surface area (Å²) in [5.74, 6) is 2.26. The van der Waals surface area contributed by atoms with Crippen molar-refractivity contribution in [1.29, 1.82) is 0 Å². The quantitative estimate of drug-likeness (QED) is 0.562. The Morgan fingerprint density at radius 3 is 2.55 bits per heavy atom. The lowest BCUT2D eigenvalue weighted by Gasteiger charge is -2.23. The summed E-state index contributed by atoms with van der Waals surface area (Å²) in [7, 11) is 0. The molecule has 1 nitrogen and oxygen atoms in total. The van der Waals surface area contributed by atoms with Crippen LogP contribution in [0.25, 0.3) is 0 Å². The van der Waals surface area contributed by atoms with Gasteiger partial charge in [-0.25, -0.2) is 0 Å². The minimum absolute atomic E-state index is 1.11. The highest BCUT2D eigenvalue weighted by Gasteiger charge is 2.40. The molecule has 2 fully saturated rings. The summed E-state index contributed by atoms with van der Waals surface area (Å²) in [5, 5.41) is 0. The lowest BCUT2D eigenvalue weighted by Crippen LogP contribution is -2.30. The van der Waals surface area contributed by atoms with Crippen molar-refractivity contribution in [2.45, 2.75) is 33.6 Å². The van der Waals surface area contributed by atoms with E-state index in [1.807, 2.05) is 13.8 Å². The van der Waals surface area contributed by atoms with E-state index >= 15 is 0 Å². The maximum atomic E-state index is 2.58. The SMILES string of the molecule is CC.CCN1CCC2CC2C1. The van der Waals surface area contributed by atoms with Crippen LogP contribution in [0.15, 0.2) is 0 Å². The van der Waals surface area contributed by atoms with Gasteiger partial charge in [-0.3, -0.25) is 0 Å². The number of piperidine rings is 1. The molecule has 2 atom stereocenters. The second-order valence-electron chi connectivity index (χ2n) is 3.44. The van der Waals surface area contributed by atoms with Crippen molar-refractivity contribution in [2.75, 3.05) is 19.6 Å². The Morgan fingerprint density at radius 2 is 2.00 bits per heavy atom. The molecule has 0 aromatic carbocycles. The molecule has 11 heavy (non-hydrogen) atoms. The van der Waals surface area contributed by atoms with E-state index in [2.05, 4.69) is 11.8 Å². The molecular weight excluding hydrogens is 134 g/mol. The van der Waals surface area contributed by atoms with Crippen LogP contribution in [0.2, 0.25) is 0 Å². The molecule has 66 valence electrons. The normalized spacial score (nSPS) is 35.2. The van der Waals surface area contributed by atoms with Crippen molar-refractivity contribution in [1.82, 2.24) is 4.90 Å². The maximum absolute atomic E-state index is 2.58. The van der Waals surface area contributed by atoms with E-state index in [-0.39, 0.29) is 0 Å². The standard InChI is InChI=1S/C8H15N.C2H6/c1-2-9-4-3-7-5-8(7)6-9;1-2/h7-8H,2-6H2,1H3;1-2H3. The van der Waals surface area contributed by atoms with E-state index in [1.54, 1.807) is 0 Å². The fourth-order valence-corrected chi connectivity index (χ4v) is 1.95. The van der Waals surface area contributed by atoms with Crippen LogP contribution < -0.4 is 0 Å². The molecule has 2 unspecified atom stereocenters. The summed E-state index contributed by atoms with van der Waals surface area (Å²) in [4.78, 5) is 2.58. The molecule has 2 aliphatic rings. The first-order chi connectivity index (χ1) is 5.40. The largest absolute Gasteiger partial charge is 0.303 e. The Hall–Kier alpha value is -0.0400. The lowest BCUT2D eigenvalue weighted by atomic mass is 10.1. The van der Waals surface area contributed by atoms with Crippen molar-refractivity contribution in [3.8, 4) is 0 Å². The van der Waals surface area contributed by atoms with Gasteiger partial charge in [-0.15, -0.1) is 0 Å². The van der Waals surface area contributed by atoms with E-state index < -0.39 is 0 Å². The van der Waals surface area contributed by atoms with Gasteiger partial charge < -0.3 is 4.90 Å². The van der Waals surface area contributed by atoms with E-state index in [0.717, 1.165) is 11.8 Å². The topological polar surface area (TPSA) is 3.24 Å². The second kappa shape index (κ2) is 4.10. The number of hydrogen-bond acceptors (Lipinski definition) is 1. The smallest absolute Gasteiger partial charge is 0.00123 e. The monoisotopic (exact) mass is 155 g/mol. The van der Waals surface area contributed by atoms with Gasteiger partial charge in [0, 0.05) is 6.54 Å². The summed E-state index contributed by atoms with van der Waals surface area (Å²) >= 11 is 0. The zero-order valence-corrected chi connectivity index (χ0v) is 8.14. The highest BCUT2D eigenvalue weighted by atomic mass is 15.1. The zero-order valence-electron chi connectivity index (χ0n) is 8.14. The number of rotatable bonds is 1. The van der Waals surface area contributed by atoms with Gasteiger partial charge in [0.05, 0.1) is 0 Å². The summed E-state index contributed by atoms with van der Waals surface area (Å²) in [5.41, 5.74) is 0. The van der Waals surface area contributed by atoms with Gasteiger partial charge >= 0.3 is 0 Å². The molecule has 0 radical (unpaired) electrons. The van der Waals surface area contributed by atoms with Gasteiger partial charge in [0.25, 0.3) is 0 Å². The first kappa shape index (κ1) is 9.05. The van der Waals surface area contributed by atoms with E-state index in [0.29, 0.717) is 0 Å². The molecule has 0 bridgehead atoms. The Bertz CT molecular complexity index is 111. The molecule has 0 aromatic heterocycles. The number of likely N-dealkylation sites (tertiary alicyclic amines) is 1. The van der Waals surface area contributed by atoms with Crippen LogP contribution >= 0.6 is 0 Å². The van der Waals surface area contributed by atoms with Gasteiger partial charge in [-0.2, -0.15) is 0 Å². The number of fused-ring (bicyclic) bond motifs is 1. The number of nitrogens with zero attached hydrogens (tertiary/aromatic N) is 1. The van der Waals surface area contributed by atoms with Crippen molar-refractivity contribution >= 4 is 0 Å². The van der Waals surface area contributed by atoms with Crippen LogP contribution in [0.4, 0.5) is 0 Å². The molecule has 1 heterocycles. The van der Waals surface area contributed by atoms with Crippen LogP contribution in [-0.4, -0.2) is 24.5 Å². The van der Waals surface area contributed by atoms with E-state index in [9.17, 15) is 0 Å². The van der Waals surface area contributed by atoms with Crippen LogP contribution in [0.3, 0.4) is 0 Å². The first-order valence-corrected chi connectivity index (χ1v) is 5.12. The van der Waals surface area contributed by atoms with Gasteiger partial charge in [-0.05, 0) is 37.8 Å². The molecule has 0 amide bonds. The molecule has 1 aliphatic heterocycles. The van der Waals surface area contributed by atoms with Crippen LogP contribution in [-0.2, 0) is 0 Å². The highest BCUT2D eigenvalue weighted by Crippen LogP contribution is 2.44. The summed E-state index contributed by atoms with van der Waals surface area (Å²) < 4.78 is 0. The van der Waals surface area contributed by atoms with Gasteiger partial charge in [0.1, 0.15) is 0 Å². The fourth-order valence-electron chi connectivity index (χ4n) is 1.95. The Labute approximate surface area is 70.8 Å². The fraction of sp³-hybridized carbons (Fsp3) is 1.00. The Balaban J connectivity index is 0.000000281. The molecule has 1 saturated heterocycles. The predicted molar refractivity (Wildman–Crippen MR) is 49.7 cm³/mol. The molecule has 0 N–H and O–H groups in total. The van der Waals surface area contributed by atoms with Crippen molar-refractivity contribution in [3.63, 3.8) is 0 Å². The van der Waals surface area contributed by atoms with E-state index in [1.165, 1.54) is 32.5 Å². The second-order valence-corrected chi connectivity index (χ2v) is 3.44. The molecule has 1 saturated carbocycles. The van der Waals surface area contributed by atoms with Crippen LogP contribution in [0, 0.1) is 11.8 Å². The molecule has 1 aliphatic carbocycles. The third-order valence-corrected chi connectivity index (χ3v) is 2.83. The maximum Gasteiger partial charge on any atom is 0.00123 e. The molecule has 2 rings (SSSR count). The summed E-state index contributed by atoms with van der Waals surface area (Å²) in [6.07, 6.45) is 3.02. The van der Waals surface area contributed by atoms with Crippen molar-refractivity contribution in [3.05, 3.63) is 0 Å². The zero-order chi connectivity index (χ0) is 8.27. The van der Waals surface area contributed by atoms with Crippen molar-refractivity contribution < 1.29 is 0 Å². The van der Waals surface area contributed by atoms with Gasteiger partial charge in [0.2, 0.25) is 0 Å². The van der Waals surface area contributed by atoms with E-state index in [4.69, 9.17) is 0 Å². The molecule has 0 spiro atoms. The van der Waals surface area contributed by atoms with Crippen LogP contribution in [0.1, 0.15) is 33.6 Å². The Kier molecular flexibility index (Phi) is 3.38. The molecule has 0 aromatic rings. The minimum atomic E-state index is 1.11. The third kappa shape index (κ3) is 2.19. The molecule has 1 heteroatoms. The average molecular weight is 155 g/mol. The lowest BCUT2D eigenvalue weighted by molar-refractivity contribution is 0.230. The van der Waals surface area contributed by atoms with Gasteiger partial charge in [-0.1, -0.05) is 20.8 Å². The summed E-state index contributed by atoms with van der Waals surface area (Å²) in [6, 6.07) is 0. The first-order valence-electron chi connectivity index (χ1n) is 5.12.